The maximum atomic E-state index is 11.8. The van der Waals surface area contributed by atoms with Crippen molar-refractivity contribution in [2.24, 2.45) is 5.92 Å². The van der Waals surface area contributed by atoms with E-state index in [9.17, 15) is 9.59 Å². The SMILES string of the molecule is C=C(CC(=O)O)C(=O)O[Si](C)(C)CC1CCCCC1. The highest BCUT2D eigenvalue weighted by Gasteiger charge is 2.32. The fourth-order valence-electron chi connectivity index (χ4n) is 2.71. The lowest BCUT2D eigenvalue weighted by molar-refractivity contribution is -0.139. The molecule has 19 heavy (non-hydrogen) atoms. The summed E-state index contributed by atoms with van der Waals surface area (Å²) in [6.07, 6.45) is 5.97. The zero-order chi connectivity index (χ0) is 14.5. The highest BCUT2D eigenvalue weighted by Crippen LogP contribution is 2.31. The maximum Gasteiger partial charge on any atom is 0.320 e. The first-order valence-electron chi connectivity index (χ1n) is 6.93. The molecule has 0 heterocycles. The Bertz CT molecular complexity index is 356. The van der Waals surface area contributed by atoms with Crippen molar-refractivity contribution in [1.82, 2.24) is 0 Å². The van der Waals surface area contributed by atoms with Gasteiger partial charge >= 0.3 is 11.9 Å². The summed E-state index contributed by atoms with van der Waals surface area (Å²) < 4.78 is 5.54. The summed E-state index contributed by atoms with van der Waals surface area (Å²) in [5, 5.41) is 8.63. The number of carbonyl (C=O) groups is 2. The second-order valence-corrected chi connectivity index (χ2v) is 10.2. The van der Waals surface area contributed by atoms with Crippen molar-refractivity contribution in [1.29, 1.82) is 0 Å². The standard InChI is InChI=1S/C14H24O4Si/c1-11(9-13(15)16)14(17)18-19(2,3)10-12-7-5-4-6-8-12/h12H,1,4-10H2,2-3H3,(H,15,16). The van der Waals surface area contributed by atoms with Gasteiger partial charge in [0.25, 0.3) is 0 Å². The molecule has 1 aliphatic carbocycles. The van der Waals surface area contributed by atoms with Gasteiger partial charge in [-0.1, -0.05) is 38.7 Å². The minimum atomic E-state index is -2.07. The van der Waals surface area contributed by atoms with Crippen LogP contribution in [-0.4, -0.2) is 25.4 Å². The van der Waals surface area contributed by atoms with Crippen LogP contribution in [0.4, 0.5) is 0 Å². The fraction of sp³-hybridized carbons (Fsp3) is 0.714. The van der Waals surface area contributed by atoms with E-state index in [0.29, 0.717) is 5.92 Å². The number of aliphatic carboxylic acids is 1. The van der Waals surface area contributed by atoms with Gasteiger partial charge in [-0.05, 0) is 25.1 Å². The molecule has 0 saturated heterocycles. The Balaban J connectivity index is 2.46. The molecule has 1 rings (SSSR count). The van der Waals surface area contributed by atoms with Crippen LogP contribution in [0.25, 0.3) is 0 Å². The molecule has 0 spiro atoms. The lowest BCUT2D eigenvalue weighted by Gasteiger charge is -2.30. The van der Waals surface area contributed by atoms with E-state index in [1.807, 2.05) is 13.1 Å². The molecule has 0 radical (unpaired) electrons. The predicted molar refractivity (Wildman–Crippen MR) is 76.3 cm³/mol. The second kappa shape index (κ2) is 6.89. The molecule has 0 aromatic heterocycles. The number of rotatable bonds is 6. The van der Waals surface area contributed by atoms with Crippen molar-refractivity contribution in [3.63, 3.8) is 0 Å². The van der Waals surface area contributed by atoms with Crippen LogP contribution in [0.3, 0.4) is 0 Å². The van der Waals surface area contributed by atoms with Gasteiger partial charge in [0.05, 0.1) is 6.42 Å². The van der Waals surface area contributed by atoms with E-state index in [2.05, 4.69) is 6.58 Å². The maximum absolute atomic E-state index is 11.8. The minimum absolute atomic E-state index is 0.0386. The van der Waals surface area contributed by atoms with Gasteiger partial charge in [0, 0.05) is 5.57 Å². The number of carbonyl (C=O) groups excluding carboxylic acids is 1. The highest BCUT2D eigenvalue weighted by molar-refractivity contribution is 6.72. The van der Waals surface area contributed by atoms with Gasteiger partial charge in [-0.2, -0.15) is 0 Å². The van der Waals surface area contributed by atoms with Gasteiger partial charge in [-0.25, -0.2) is 4.79 Å². The largest absolute Gasteiger partial charge is 0.516 e. The first-order valence-corrected chi connectivity index (χ1v) is 10.0. The van der Waals surface area contributed by atoms with E-state index in [-0.39, 0.29) is 12.0 Å². The molecular weight excluding hydrogens is 260 g/mol. The molecule has 0 aliphatic heterocycles. The van der Waals surface area contributed by atoms with Gasteiger partial charge in [0.15, 0.2) is 0 Å². The van der Waals surface area contributed by atoms with Crippen LogP contribution in [-0.2, 0) is 14.0 Å². The van der Waals surface area contributed by atoms with Crippen LogP contribution in [0.5, 0.6) is 0 Å². The molecule has 1 saturated carbocycles. The topological polar surface area (TPSA) is 63.6 Å². The first-order chi connectivity index (χ1) is 8.80. The van der Waals surface area contributed by atoms with Crippen LogP contribution in [0.1, 0.15) is 38.5 Å². The van der Waals surface area contributed by atoms with E-state index in [0.717, 1.165) is 6.04 Å². The smallest absolute Gasteiger partial charge is 0.320 e. The Kier molecular flexibility index (Phi) is 5.78. The first kappa shape index (κ1) is 16.0. The minimum Gasteiger partial charge on any atom is -0.516 e. The van der Waals surface area contributed by atoms with Crippen LogP contribution < -0.4 is 0 Å². The lowest BCUT2D eigenvalue weighted by Crippen LogP contribution is -2.36. The molecule has 0 aromatic carbocycles. The number of carboxylic acid groups (broad SMARTS) is 1. The number of carboxylic acids is 1. The van der Waals surface area contributed by atoms with Crippen molar-refractivity contribution in [2.45, 2.75) is 57.7 Å². The summed E-state index contributed by atoms with van der Waals surface area (Å²) in [4.78, 5) is 22.3. The zero-order valence-electron chi connectivity index (χ0n) is 11.9. The van der Waals surface area contributed by atoms with Gasteiger partial charge in [-0.3, -0.25) is 4.79 Å². The molecule has 0 bridgehead atoms. The number of hydrogen-bond acceptors (Lipinski definition) is 3. The summed E-state index contributed by atoms with van der Waals surface area (Å²) in [5.41, 5.74) is 0.0386. The summed E-state index contributed by atoms with van der Waals surface area (Å²) in [6, 6.07) is 0.971. The molecule has 0 amide bonds. The molecule has 5 heteroatoms. The third-order valence-electron chi connectivity index (χ3n) is 3.53. The summed E-state index contributed by atoms with van der Waals surface area (Å²) in [5.74, 6) is -0.917. The van der Waals surface area contributed by atoms with Crippen LogP contribution in [0, 0.1) is 5.92 Å². The third-order valence-corrected chi connectivity index (χ3v) is 5.83. The molecule has 1 aliphatic rings. The monoisotopic (exact) mass is 284 g/mol. The summed E-state index contributed by atoms with van der Waals surface area (Å²) >= 11 is 0. The Morgan fingerprint density at radius 1 is 1.26 bits per heavy atom. The molecule has 1 fully saturated rings. The van der Waals surface area contributed by atoms with Crippen molar-refractivity contribution in [3.05, 3.63) is 12.2 Å². The van der Waals surface area contributed by atoms with Gasteiger partial charge in [-0.15, -0.1) is 0 Å². The Labute approximate surface area is 116 Å². The molecule has 0 unspecified atom stereocenters. The van der Waals surface area contributed by atoms with Crippen LogP contribution in [0.15, 0.2) is 12.2 Å². The zero-order valence-corrected chi connectivity index (χ0v) is 12.9. The van der Waals surface area contributed by atoms with E-state index >= 15 is 0 Å². The van der Waals surface area contributed by atoms with E-state index in [4.69, 9.17) is 9.53 Å². The average molecular weight is 284 g/mol. The number of hydrogen-bond donors (Lipinski definition) is 1. The second-order valence-electron chi connectivity index (χ2n) is 6.03. The normalized spacial score (nSPS) is 16.9. The van der Waals surface area contributed by atoms with E-state index in [1.165, 1.54) is 32.1 Å². The Morgan fingerprint density at radius 3 is 2.37 bits per heavy atom. The van der Waals surface area contributed by atoms with Crippen LogP contribution in [0.2, 0.25) is 19.1 Å². The average Bonchev–Trinajstić information content (AvgIpc) is 2.27. The van der Waals surface area contributed by atoms with Crippen molar-refractivity contribution in [3.8, 4) is 0 Å². The van der Waals surface area contributed by atoms with Crippen LogP contribution >= 0.6 is 0 Å². The molecule has 108 valence electrons. The van der Waals surface area contributed by atoms with Crippen molar-refractivity contribution < 1.29 is 19.1 Å². The van der Waals surface area contributed by atoms with Gasteiger partial charge in [0.2, 0.25) is 8.32 Å². The molecule has 4 nitrogen and oxygen atoms in total. The molecule has 1 N–H and O–H groups in total. The Morgan fingerprint density at radius 2 is 1.84 bits per heavy atom. The Hall–Kier alpha value is -1.10. The van der Waals surface area contributed by atoms with Gasteiger partial charge in [0.1, 0.15) is 0 Å². The fourth-order valence-corrected chi connectivity index (χ4v) is 5.23. The van der Waals surface area contributed by atoms with E-state index < -0.39 is 20.3 Å². The molecule has 0 aromatic rings. The third kappa shape index (κ3) is 6.05. The summed E-state index contributed by atoms with van der Waals surface area (Å²) in [7, 11) is -2.07. The molecular formula is C14H24O4Si. The lowest BCUT2D eigenvalue weighted by atomic mass is 9.91. The van der Waals surface area contributed by atoms with E-state index in [1.54, 1.807) is 0 Å². The predicted octanol–water partition coefficient (Wildman–Crippen LogP) is 3.35. The quantitative estimate of drug-likeness (QED) is 0.600. The molecule has 0 atom stereocenters. The van der Waals surface area contributed by atoms with Gasteiger partial charge < -0.3 is 9.53 Å². The summed E-state index contributed by atoms with van der Waals surface area (Å²) in [6.45, 7) is 7.54. The van der Waals surface area contributed by atoms with Crippen molar-refractivity contribution in [2.75, 3.05) is 0 Å². The van der Waals surface area contributed by atoms with Crippen molar-refractivity contribution >= 4 is 20.3 Å². The highest BCUT2D eigenvalue weighted by atomic mass is 28.4.